The zero-order valence-corrected chi connectivity index (χ0v) is 18.1. The molecule has 0 fully saturated rings. The van der Waals surface area contributed by atoms with Crippen LogP contribution in [0, 0.1) is 0 Å². The van der Waals surface area contributed by atoms with Gasteiger partial charge in [0.25, 0.3) is 5.91 Å². The highest BCUT2D eigenvalue weighted by atomic mass is 35.5. The monoisotopic (exact) mass is 452 g/mol. The van der Waals surface area contributed by atoms with Gasteiger partial charge in [0, 0.05) is 16.1 Å². The average molecular weight is 453 g/mol. The molecule has 0 bridgehead atoms. The zero-order chi connectivity index (χ0) is 23.3. The molecule has 1 amide bonds. The molecule has 0 saturated heterocycles. The molecular formula is C24H21ClN2O5. The molecule has 0 aromatic heterocycles. The van der Waals surface area contributed by atoms with E-state index < -0.39 is 11.5 Å². The highest BCUT2D eigenvalue weighted by Crippen LogP contribution is 2.24. The summed E-state index contributed by atoms with van der Waals surface area (Å²) in [4.78, 5) is 25.0. The summed E-state index contributed by atoms with van der Waals surface area (Å²) in [6, 6.07) is 17.2. The van der Waals surface area contributed by atoms with E-state index in [1.54, 1.807) is 62.4 Å². The Morgan fingerprint density at radius 2 is 1.53 bits per heavy atom. The molecule has 3 aromatic rings. The normalized spacial score (nSPS) is 11.3. The second-order valence-electron chi connectivity index (χ2n) is 7.42. The standard InChI is InChI=1S/C24H21ClN2O5/c1-24(2,23(31)27-26-14-15-3-12-20(28)21(29)13-15)32-19-10-6-17(7-11-19)22(30)16-4-8-18(25)9-5-16/h3-14,28-29H,1-2H3,(H,27,31)/b26-14+. The number of ether oxygens (including phenoxy) is 1. The minimum Gasteiger partial charge on any atom is -0.504 e. The first-order valence-corrected chi connectivity index (χ1v) is 9.98. The number of nitrogens with zero attached hydrogens (tertiary/aromatic N) is 1. The Morgan fingerprint density at radius 1 is 0.938 bits per heavy atom. The summed E-state index contributed by atoms with van der Waals surface area (Å²) >= 11 is 5.86. The van der Waals surface area contributed by atoms with E-state index in [9.17, 15) is 19.8 Å². The van der Waals surface area contributed by atoms with Crippen molar-refractivity contribution in [3.05, 3.63) is 88.4 Å². The van der Waals surface area contributed by atoms with E-state index in [4.69, 9.17) is 16.3 Å². The number of hydrogen-bond donors (Lipinski definition) is 3. The molecule has 0 atom stereocenters. The number of phenols is 2. The smallest absolute Gasteiger partial charge is 0.283 e. The van der Waals surface area contributed by atoms with E-state index in [1.165, 1.54) is 24.4 Å². The average Bonchev–Trinajstić information content (AvgIpc) is 2.76. The van der Waals surface area contributed by atoms with Crippen molar-refractivity contribution in [3.8, 4) is 17.2 Å². The lowest BCUT2D eigenvalue weighted by atomic mass is 10.0. The van der Waals surface area contributed by atoms with E-state index in [2.05, 4.69) is 10.5 Å². The quantitative estimate of drug-likeness (QED) is 0.214. The van der Waals surface area contributed by atoms with Crippen LogP contribution >= 0.6 is 11.6 Å². The third-order valence-corrected chi connectivity index (χ3v) is 4.77. The topological polar surface area (TPSA) is 108 Å². The number of hydrogen-bond acceptors (Lipinski definition) is 6. The number of nitrogens with one attached hydrogen (secondary N) is 1. The summed E-state index contributed by atoms with van der Waals surface area (Å²) < 4.78 is 5.77. The van der Waals surface area contributed by atoms with Gasteiger partial charge in [-0.05, 0) is 86.1 Å². The molecule has 3 rings (SSSR count). The summed E-state index contributed by atoms with van der Waals surface area (Å²) in [5, 5.41) is 23.2. The van der Waals surface area contributed by atoms with E-state index >= 15 is 0 Å². The van der Waals surface area contributed by atoms with Gasteiger partial charge < -0.3 is 14.9 Å². The predicted octanol–water partition coefficient (Wildman–Crippen LogP) is 4.29. The first-order valence-electron chi connectivity index (χ1n) is 9.60. The molecule has 3 aromatic carbocycles. The number of ketones is 1. The SMILES string of the molecule is CC(C)(Oc1ccc(C(=O)c2ccc(Cl)cc2)cc1)C(=O)N/N=C/c1ccc(O)c(O)c1. The van der Waals surface area contributed by atoms with Crippen LogP contribution in [-0.4, -0.2) is 33.7 Å². The summed E-state index contributed by atoms with van der Waals surface area (Å²) in [5.74, 6) is -0.785. The number of phenolic OH excluding ortho intramolecular Hbond substituents is 2. The number of amides is 1. The lowest BCUT2D eigenvalue weighted by Gasteiger charge is -2.24. The molecule has 0 heterocycles. The first kappa shape index (κ1) is 22.8. The molecule has 0 saturated carbocycles. The maximum absolute atomic E-state index is 12.5. The Hall–Kier alpha value is -3.84. The number of carbonyl (C=O) groups is 2. The van der Waals surface area contributed by atoms with Gasteiger partial charge in [-0.15, -0.1) is 0 Å². The van der Waals surface area contributed by atoms with Gasteiger partial charge in [-0.1, -0.05) is 11.6 Å². The van der Waals surface area contributed by atoms with E-state index in [0.717, 1.165) is 0 Å². The Morgan fingerprint density at radius 3 is 2.12 bits per heavy atom. The fourth-order valence-electron chi connectivity index (χ4n) is 2.70. The van der Waals surface area contributed by atoms with Crippen LogP contribution in [0.2, 0.25) is 5.02 Å². The van der Waals surface area contributed by atoms with Crippen LogP contribution in [0.3, 0.4) is 0 Å². The highest BCUT2D eigenvalue weighted by Gasteiger charge is 2.30. The number of rotatable bonds is 7. The maximum Gasteiger partial charge on any atom is 0.283 e. The highest BCUT2D eigenvalue weighted by molar-refractivity contribution is 6.30. The van der Waals surface area contributed by atoms with E-state index in [1.807, 2.05) is 0 Å². The van der Waals surface area contributed by atoms with Crippen LogP contribution in [0.4, 0.5) is 0 Å². The molecule has 7 nitrogen and oxygen atoms in total. The molecule has 0 unspecified atom stereocenters. The first-order chi connectivity index (χ1) is 15.2. The van der Waals surface area contributed by atoms with E-state index in [-0.39, 0.29) is 17.3 Å². The number of halogens is 1. The predicted molar refractivity (Wildman–Crippen MR) is 122 cm³/mol. The van der Waals surface area contributed by atoms with Crippen molar-refractivity contribution in [2.24, 2.45) is 5.10 Å². The van der Waals surface area contributed by atoms with Gasteiger partial charge >= 0.3 is 0 Å². The largest absolute Gasteiger partial charge is 0.504 e. The minimum atomic E-state index is -1.25. The maximum atomic E-state index is 12.5. The summed E-state index contributed by atoms with van der Waals surface area (Å²) in [7, 11) is 0. The molecule has 164 valence electrons. The zero-order valence-electron chi connectivity index (χ0n) is 17.4. The van der Waals surface area contributed by atoms with Gasteiger partial charge in [-0.3, -0.25) is 9.59 Å². The van der Waals surface area contributed by atoms with Gasteiger partial charge in [0.15, 0.2) is 22.9 Å². The Bertz CT molecular complexity index is 1160. The number of benzene rings is 3. The molecule has 0 spiro atoms. The molecule has 0 radical (unpaired) electrons. The Labute approximate surface area is 189 Å². The fourth-order valence-corrected chi connectivity index (χ4v) is 2.83. The second kappa shape index (κ2) is 9.53. The van der Waals surface area contributed by atoms with Crippen LogP contribution in [0.25, 0.3) is 0 Å². The summed E-state index contributed by atoms with van der Waals surface area (Å²) in [6.07, 6.45) is 1.32. The lowest BCUT2D eigenvalue weighted by molar-refractivity contribution is -0.134. The Balaban J connectivity index is 1.61. The van der Waals surface area contributed by atoms with Crippen molar-refractivity contribution in [3.63, 3.8) is 0 Å². The number of carbonyl (C=O) groups excluding carboxylic acids is 2. The van der Waals surface area contributed by atoms with Gasteiger partial charge in [-0.25, -0.2) is 5.43 Å². The second-order valence-corrected chi connectivity index (χ2v) is 7.86. The minimum absolute atomic E-state index is 0.153. The van der Waals surface area contributed by atoms with Crippen LogP contribution in [0.1, 0.15) is 35.3 Å². The molecule has 3 N–H and O–H groups in total. The number of hydrazone groups is 1. The lowest BCUT2D eigenvalue weighted by Crippen LogP contribution is -2.44. The molecule has 32 heavy (non-hydrogen) atoms. The van der Waals surface area contributed by atoms with Gasteiger partial charge in [0.05, 0.1) is 6.21 Å². The molecular weight excluding hydrogens is 432 g/mol. The van der Waals surface area contributed by atoms with Crippen LogP contribution in [0.15, 0.2) is 71.8 Å². The summed E-state index contributed by atoms with van der Waals surface area (Å²) in [5.41, 5.74) is 2.60. The van der Waals surface area contributed by atoms with Gasteiger partial charge in [0.1, 0.15) is 5.75 Å². The van der Waals surface area contributed by atoms with Crippen molar-refractivity contribution in [1.82, 2.24) is 5.43 Å². The molecule has 0 aliphatic heterocycles. The van der Waals surface area contributed by atoms with Crippen LogP contribution in [0.5, 0.6) is 17.2 Å². The van der Waals surface area contributed by atoms with Crippen LogP contribution < -0.4 is 10.2 Å². The molecule has 0 aliphatic carbocycles. The summed E-state index contributed by atoms with van der Waals surface area (Å²) in [6.45, 7) is 3.16. The third kappa shape index (κ3) is 5.65. The molecule has 0 aliphatic rings. The van der Waals surface area contributed by atoms with Crippen molar-refractivity contribution >= 4 is 29.5 Å². The van der Waals surface area contributed by atoms with Gasteiger partial charge in [0.2, 0.25) is 0 Å². The van der Waals surface area contributed by atoms with E-state index in [0.29, 0.717) is 27.5 Å². The number of aromatic hydroxyl groups is 2. The Kier molecular flexibility index (Phi) is 6.80. The van der Waals surface area contributed by atoms with Crippen molar-refractivity contribution in [2.75, 3.05) is 0 Å². The van der Waals surface area contributed by atoms with Crippen molar-refractivity contribution < 1.29 is 24.5 Å². The van der Waals surface area contributed by atoms with Crippen LogP contribution in [-0.2, 0) is 4.79 Å². The van der Waals surface area contributed by atoms with Gasteiger partial charge in [-0.2, -0.15) is 5.10 Å². The fraction of sp³-hybridized carbons (Fsp3) is 0.125. The third-order valence-electron chi connectivity index (χ3n) is 4.52. The van der Waals surface area contributed by atoms with Crippen molar-refractivity contribution in [1.29, 1.82) is 0 Å². The van der Waals surface area contributed by atoms with Crippen molar-refractivity contribution in [2.45, 2.75) is 19.4 Å². The molecule has 8 heteroatoms.